The van der Waals surface area contributed by atoms with Gasteiger partial charge in [-0.1, -0.05) is 18.2 Å². The summed E-state index contributed by atoms with van der Waals surface area (Å²) in [5.41, 5.74) is 1.20. The van der Waals surface area contributed by atoms with Crippen LogP contribution in [0.5, 0.6) is 0 Å². The number of halogens is 1. The summed E-state index contributed by atoms with van der Waals surface area (Å²) in [6.45, 7) is 2.51. The first kappa shape index (κ1) is 17.3. The molecule has 0 saturated heterocycles. The lowest BCUT2D eigenvalue weighted by Crippen LogP contribution is -2.36. The fourth-order valence-electron chi connectivity index (χ4n) is 2.19. The van der Waals surface area contributed by atoms with Gasteiger partial charge in [-0.05, 0) is 37.3 Å². The van der Waals surface area contributed by atoms with Crippen molar-refractivity contribution >= 4 is 29.0 Å². The van der Waals surface area contributed by atoms with Crippen molar-refractivity contribution in [1.82, 2.24) is 0 Å². The van der Waals surface area contributed by atoms with E-state index >= 15 is 0 Å². The quantitative estimate of drug-likeness (QED) is 0.858. The predicted molar refractivity (Wildman–Crippen MR) is 89.5 cm³/mol. The summed E-state index contributed by atoms with van der Waals surface area (Å²) in [4.78, 5) is 36.7. The molecule has 5 nitrogen and oxygen atoms in total. The average Bonchev–Trinajstić information content (AvgIpc) is 2.52. The van der Waals surface area contributed by atoms with Crippen LogP contribution in [0.25, 0.3) is 0 Å². The van der Waals surface area contributed by atoms with Gasteiger partial charge in [-0.2, -0.15) is 0 Å². The Morgan fingerprint density at radius 3 is 2.38 bits per heavy atom. The number of anilines is 2. The molecule has 0 bridgehead atoms. The molecule has 2 amide bonds. The zero-order valence-electron chi connectivity index (χ0n) is 13.4. The smallest absolute Gasteiger partial charge is 0.244 e. The number of Topliss-reactive ketones (excluding diaryl/α,β-unsaturated/α-hetero) is 1. The summed E-state index contributed by atoms with van der Waals surface area (Å²) in [5, 5.41) is 2.54. The van der Waals surface area contributed by atoms with E-state index in [0.717, 1.165) is 0 Å². The van der Waals surface area contributed by atoms with Crippen LogP contribution in [-0.4, -0.2) is 24.1 Å². The van der Waals surface area contributed by atoms with Crippen molar-refractivity contribution in [1.29, 1.82) is 0 Å². The third-order valence-electron chi connectivity index (χ3n) is 3.35. The summed E-state index contributed by atoms with van der Waals surface area (Å²) < 4.78 is 13.1. The number of rotatable bonds is 5. The van der Waals surface area contributed by atoms with Crippen molar-refractivity contribution in [2.24, 2.45) is 0 Å². The molecule has 1 N–H and O–H groups in total. The topological polar surface area (TPSA) is 66.5 Å². The van der Waals surface area contributed by atoms with E-state index in [1.807, 2.05) is 0 Å². The van der Waals surface area contributed by atoms with Crippen molar-refractivity contribution in [3.63, 3.8) is 0 Å². The van der Waals surface area contributed by atoms with Crippen LogP contribution in [-0.2, 0) is 9.59 Å². The molecule has 0 unspecified atom stereocenters. The van der Waals surface area contributed by atoms with Crippen molar-refractivity contribution < 1.29 is 18.8 Å². The predicted octanol–water partition coefficient (Wildman–Crippen LogP) is 3.02. The van der Waals surface area contributed by atoms with Crippen LogP contribution in [0.1, 0.15) is 24.2 Å². The van der Waals surface area contributed by atoms with Gasteiger partial charge in [0.15, 0.2) is 5.78 Å². The molecule has 2 aromatic rings. The summed E-state index contributed by atoms with van der Waals surface area (Å²) >= 11 is 0. The van der Waals surface area contributed by atoms with E-state index in [1.165, 1.54) is 36.9 Å². The number of benzene rings is 2. The molecule has 0 aliphatic heterocycles. The number of ketones is 1. The van der Waals surface area contributed by atoms with Gasteiger partial charge in [0.1, 0.15) is 12.4 Å². The summed E-state index contributed by atoms with van der Waals surface area (Å²) in [6.07, 6.45) is 0. The normalized spacial score (nSPS) is 10.1. The van der Waals surface area contributed by atoms with Crippen molar-refractivity contribution in [2.45, 2.75) is 13.8 Å². The van der Waals surface area contributed by atoms with Crippen molar-refractivity contribution in [2.75, 3.05) is 16.8 Å². The molecule has 0 aromatic heterocycles. The van der Waals surface area contributed by atoms with Gasteiger partial charge in [-0.25, -0.2) is 4.39 Å². The minimum absolute atomic E-state index is 0.135. The van der Waals surface area contributed by atoms with E-state index in [-0.39, 0.29) is 18.2 Å². The highest BCUT2D eigenvalue weighted by Crippen LogP contribution is 2.17. The first-order valence-electron chi connectivity index (χ1n) is 7.31. The second kappa shape index (κ2) is 7.50. The van der Waals surface area contributed by atoms with Gasteiger partial charge in [0.25, 0.3) is 0 Å². The van der Waals surface area contributed by atoms with Gasteiger partial charge in [-0.3, -0.25) is 14.4 Å². The molecule has 0 saturated carbocycles. The minimum Gasteiger partial charge on any atom is -0.324 e. The SMILES string of the molecule is CC(=O)c1cccc(N(CC(=O)Nc2cccc(F)c2)C(C)=O)c1. The largest absolute Gasteiger partial charge is 0.324 e. The number of carbonyl (C=O) groups excluding carboxylic acids is 3. The Hall–Kier alpha value is -3.02. The zero-order chi connectivity index (χ0) is 17.7. The van der Waals surface area contributed by atoms with Crippen LogP contribution in [0.3, 0.4) is 0 Å². The molecule has 24 heavy (non-hydrogen) atoms. The fraction of sp³-hybridized carbons (Fsp3) is 0.167. The summed E-state index contributed by atoms with van der Waals surface area (Å²) in [5.74, 6) is -1.41. The monoisotopic (exact) mass is 328 g/mol. The summed E-state index contributed by atoms with van der Waals surface area (Å²) in [7, 11) is 0. The Morgan fingerprint density at radius 2 is 1.75 bits per heavy atom. The van der Waals surface area contributed by atoms with E-state index in [2.05, 4.69) is 5.32 Å². The molecule has 0 fully saturated rings. The van der Waals surface area contributed by atoms with Gasteiger partial charge < -0.3 is 10.2 Å². The van der Waals surface area contributed by atoms with Crippen molar-refractivity contribution in [3.8, 4) is 0 Å². The molecule has 124 valence electrons. The number of carbonyl (C=O) groups is 3. The Kier molecular flexibility index (Phi) is 5.42. The third kappa shape index (κ3) is 4.49. The van der Waals surface area contributed by atoms with Crippen LogP contribution in [0, 0.1) is 5.82 Å². The molecule has 0 radical (unpaired) electrons. The van der Waals surface area contributed by atoms with E-state index < -0.39 is 11.7 Å². The molecule has 2 rings (SSSR count). The van der Waals surface area contributed by atoms with Gasteiger partial charge in [0.2, 0.25) is 11.8 Å². The lowest BCUT2D eigenvalue weighted by Gasteiger charge is -2.21. The van der Waals surface area contributed by atoms with Crippen LogP contribution in [0.4, 0.5) is 15.8 Å². The highest BCUT2D eigenvalue weighted by molar-refractivity contribution is 6.03. The Labute approximate surface area is 139 Å². The van der Waals surface area contributed by atoms with E-state index in [0.29, 0.717) is 16.9 Å². The Bertz CT molecular complexity index is 789. The standard InChI is InChI=1S/C18H17FN2O3/c1-12(22)14-5-3-8-17(9-14)21(13(2)23)11-18(24)20-16-7-4-6-15(19)10-16/h3-10H,11H2,1-2H3,(H,20,24). The van der Waals surface area contributed by atoms with Crippen molar-refractivity contribution in [3.05, 3.63) is 59.9 Å². The first-order chi connectivity index (χ1) is 11.4. The van der Waals surface area contributed by atoms with E-state index in [1.54, 1.807) is 30.3 Å². The average molecular weight is 328 g/mol. The highest BCUT2D eigenvalue weighted by Gasteiger charge is 2.17. The Balaban J connectivity index is 2.16. The van der Waals surface area contributed by atoms with Crippen LogP contribution >= 0.6 is 0 Å². The molecule has 0 atom stereocenters. The molecule has 6 heteroatoms. The third-order valence-corrected chi connectivity index (χ3v) is 3.35. The maximum absolute atomic E-state index is 13.1. The maximum Gasteiger partial charge on any atom is 0.244 e. The molecular formula is C18H17FN2O3. The molecule has 2 aromatic carbocycles. The molecule has 0 aliphatic rings. The van der Waals surface area contributed by atoms with Crippen LogP contribution in [0.15, 0.2) is 48.5 Å². The van der Waals surface area contributed by atoms with E-state index in [9.17, 15) is 18.8 Å². The van der Waals surface area contributed by atoms with Gasteiger partial charge in [0, 0.05) is 23.9 Å². The number of hydrogen-bond acceptors (Lipinski definition) is 3. The molecule has 0 spiro atoms. The van der Waals surface area contributed by atoms with Gasteiger partial charge in [0.05, 0.1) is 0 Å². The Morgan fingerprint density at radius 1 is 1.04 bits per heavy atom. The molecular weight excluding hydrogens is 311 g/mol. The lowest BCUT2D eigenvalue weighted by atomic mass is 10.1. The van der Waals surface area contributed by atoms with E-state index in [4.69, 9.17) is 0 Å². The van der Waals surface area contributed by atoms with Crippen LogP contribution in [0.2, 0.25) is 0 Å². The molecule has 0 aliphatic carbocycles. The number of amides is 2. The highest BCUT2D eigenvalue weighted by atomic mass is 19.1. The lowest BCUT2D eigenvalue weighted by molar-refractivity contribution is -0.120. The van der Waals surface area contributed by atoms with Gasteiger partial charge in [-0.15, -0.1) is 0 Å². The zero-order valence-corrected chi connectivity index (χ0v) is 13.4. The summed E-state index contributed by atoms with van der Waals surface area (Å²) in [6, 6.07) is 12.0. The minimum atomic E-state index is -0.468. The van der Waals surface area contributed by atoms with Gasteiger partial charge >= 0.3 is 0 Å². The number of nitrogens with zero attached hydrogens (tertiary/aromatic N) is 1. The fourth-order valence-corrected chi connectivity index (χ4v) is 2.19. The first-order valence-corrected chi connectivity index (χ1v) is 7.31. The second-order valence-corrected chi connectivity index (χ2v) is 5.27. The van der Waals surface area contributed by atoms with Crippen LogP contribution < -0.4 is 10.2 Å². The maximum atomic E-state index is 13.1. The second-order valence-electron chi connectivity index (χ2n) is 5.27. The molecule has 0 heterocycles. The number of hydrogen-bond donors (Lipinski definition) is 1. The number of nitrogens with one attached hydrogen (secondary N) is 1.